The van der Waals surface area contributed by atoms with Gasteiger partial charge in [0.25, 0.3) is 5.91 Å². The van der Waals surface area contributed by atoms with Crippen LogP contribution in [0.15, 0.2) is 60.9 Å². The fraction of sp³-hybridized carbons (Fsp3) is 0.273. The first-order valence-electron chi connectivity index (χ1n) is 9.61. The summed E-state index contributed by atoms with van der Waals surface area (Å²) in [7, 11) is 0. The molecule has 1 saturated heterocycles. The zero-order valence-corrected chi connectivity index (χ0v) is 15.9. The Morgan fingerprint density at radius 3 is 2.50 bits per heavy atom. The summed E-state index contributed by atoms with van der Waals surface area (Å²) in [5.41, 5.74) is 3.28. The van der Waals surface area contributed by atoms with Gasteiger partial charge in [-0.2, -0.15) is 0 Å². The zero-order valence-electron chi connectivity index (χ0n) is 15.9. The highest BCUT2D eigenvalue weighted by Crippen LogP contribution is 2.22. The maximum absolute atomic E-state index is 12.5. The van der Waals surface area contributed by atoms with Gasteiger partial charge in [-0.3, -0.25) is 9.78 Å². The quantitative estimate of drug-likeness (QED) is 0.739. The molecule has 1 fully saturated rings. The van der Waals surface area contributed by atoms with E-state index in [0.717, 1.165) is 36.0 Å². The van der Waals surface area contributed by atoms with Crippen LogP contribution in [0.1, 0.15) is 41.9 Å². The van der Waals surface area contributed by atoms with E-state index in [4.69, 9.17) is 4.98 Å². The number of nitrogens with one attached hydrogen (secondary N) is 1. The molecule has 1 aliphatic rings. The van der Waals surface area contributed by atoms with Crippen molar-refractivity contribution in [3.63, 3.8) is 0 Å². The summed E-state index contributed by atoms with van der Waals surface area (Å²) >= 11 is 0. The molecule has 1 unspecified atom stereocenters. The number of aromatic nitrogens is 3. The monoisotopic (exact) mass is 373 g/mol. The minimum absolute atomic E-state index is 0.120. The Kier molecular flexibility index (Phi) is 5.28. The molecule has 1 aromatic carbocycles. The lowest BCUT2D eigenvalue weighted by Crippen LogP contribution is -2.27. The Hall–Kier alpha value is -3.28. The molecule has 142 valence electrons. The minimum Gasteiger partial charge on any atom is -0.344 e. The molecule has 2 aromatic heterocycles. The molecule has 6 nitrogen and oxygen atoms in total. The van der Waals surface area contributed by atoms with Crippen LogP contribution in [0.4, 0.5) is 5.95 Å². The molecular weight excluding hydrogens is 350 g/mol. The second-order valence-electron chi connectivity index (χ2n) is 6.96. The number of benzene rings is 1. The second kappa shape index (κ2) is 8.17. The van der Waals surface area contributed by atoms with Crippen molar-refractivity contribution >= 4 is 11.9 Å². The van der Waals surface area contributed by atoms with Crippen LogP contribution in [0.5, 0.6) is 0 Å². The third kappa shape index (κ3) is 4.01. The van der Waals surface area contributed by atoms with Crippen molar-refractivity contribution in [2.45, 2.75) is 25.8 Å². The molecule has 4 rings (SSSR count). The molecule has 1 atom stereocenters. The van der Waals surface area contributed by atoms with E-state index in [0.29, 0.717) is 5.56 Å². The van der Waals surface area contributed by atoms with E-state index in [9.17, 15) is 4.79 Å². The topological polar surface area (TPSA) is 71.0 Å². The number of hydrogen-bond donors (Lipinski definition) is 1. The van der Waals surface area contributed by atoms with Crippen molar-refractivity contribution in [2.75, 3.05) is 18.0 Å². The van der Waals surface area contributed by atoms with Gasteiger partial charge in [0.15, 0.2) is 0 Å². The van der Waals surface area contributed by atoms with Crippen molar-refractivity contribution in [2.24, 2.45) is 0 Å². The molecule has 0 spiro atoms. The van der Waals surface area contributed by atoms with Crippen LogP contribution in [0, 0.1) is 0 Å². The van der Waals surface area contributed by atoms with E-state index in [-0.39, 0.29) is 11.9 Å². The first kappa shape index (κ1) is 18.1. The van der Waals surface area contributed by atoms with Crippen molar-refractivity contribution in [1.82, 2.24) is 20.3 Å². The Labute approximate surface area is 164 Å². The first-order valence-corrected chi connectivity index (χ1v) is 9.61. The van der Waals surface area contributed by atoms with Crippen molar-refractivity contribution in [1.29, 1.82) is 0 Å². The molecule has 6 heteroatoms. The maximum Gasteiger partial charge on any atom is 0.251 e. The summed E-state index contributed by atoms with van der Waals surface area (Å²) in [6, 6.07) is 14.9. The SMILES string of the molecule is CC(NC(=O)c1ccc(-c2ccnc(N3CCCC3)n2)cc1)c1ccccn1. The number of nitrogens with zero attached hydrogens (tertiary/aromatic N) is 4. The van der Waals surface area contributed by atoms with Crippen LogP contribution in [0.25, 0.3) is 11.3 Å². The summed E-state index contributed by atoms with van der Waals surface area (Å²) in [5.74, 6) is 0.658. The number of carbonyl (C=O) groups is 1. The number of amides is 1. The smallest absolute Gasteiger partial charge is 0.251 e. The molecule has 28 heavy (non-hydrogen) atoms. The van der Waals surface area contributed by atoms with Gasteiger partial charge in [0.05, 0.1) is 17.4 Å². The standard InChI is InChI=1S/C22H23N5O/c1-16(19-6-2-3-12-23-19)25-21(28)18-9-7-17(8-10-18)20-11-13-24-22(26-20)27-14-4-5-15-27/h2-3,6-13,16H,4-5,14-15H2,1H3,(H,25,28). The highest BCUT2D eigenvalue weighted by molar-refractivity contribution is 5.94. The Bertz CT molecular complexity index is 937. The Balaban J connectivity index is 1.46. The minimum atomic E-state index is -0.154. The van der Waals surface area contributed by atoms with Crippen LogP contribution < -0.4 is 10.2 Å². The first-order chi connectivity index (χ1) is 13.7. The van der Waals surface area contributed by atoms with E-state index < -0.39 is 0 Å². The number of carbonyl (C=O) groups excluding carboxylic acids is 1. The normalized spacial score (nSPS) is 14.7. The summed E-state index contributed by atoms with van der Waals surface area (Å²) in [4.78, 5) is 28.1. The molecule has 0 bridgehead atoms. The van der Waals surface area contributed by atoms with E-state index in [1.807, 2.05) is 55.5 Å². The zero-order chi connectivity index (χ0) is 19.3. The molecule has 1 N–H and O–H groups in total. The average Bonchev–Trinajstić information content (AvgIpc) is 3.29. The summed E-state index contributed by atoms with van der Waals surface area (Å²) in [6.45, 7) is 3.95. The number of rotatable bonds is 5. The third-order valence-corrected chi connectivity index (χ3v) is 4.95. The maximum atomic E-state index is 12.5. The fourth-order valence-corrected chi connectivity index (χ4v) is 3.36. The lowest BCUT2D eigenvalue weighted by atomic mass is 10.1. The summed E-state index contributed by atoms with van der Waals surface area (Å²) < 4.78 is 0. The van der Waals surface area contributed by atoms with Gasteiger partial charge >= 0.3 is 0 Å². The van der Waals surface area contributed by atoms with Gasteiger partial charge < -0.3 is 10.2 Å². The molecule has 0 saturated carbocycles. The van der Waals surface area contributed by atoms with Gasteiger partial charge in [-0.15, -0.1) is 0 Å². The highest BCUT2D eigenvalue weighted by atomic mass is 16.1. The Morgan fingerprint density at radius 2 is 1.79 bits per heavy atom. The third-order valence-electron chi connectivity index (χ3n) is 4.95. The van der Waals surface area contributed by atoms with Crippen LogP contribution >= 0.6 is 0 Å². The number of anilines is 1. The lowest BCUT2D eigenvalue weighted by Gasteiger charge is -2.15. The molecule has 0 radical (unpaired) electrons. The molecule has 1 aliphatic heterocycles. The summed E-state index contributed by atoms with van der Waals surface area (Å²) in [5, 5.41) is 2.98. The van der Waals surface area contributed by atoms with Crippen LogP contribution in [0.2, 0.25) is 0 Å². The molecule has 1 amide bonds. The van der Waals surface area contributed by atoms with Crippen molar-refractivity contribution < 1.29 is 4.79 Å². The fourth-order valence-electron chi connectivity index (χ4n) is 3.36. The number of pyridine rings is 1. The molecule has 3 heterocycles. The molecule has 3 aromatic rings. The largest absolute Gasteiger partial charge is 0.344 e. The Morgan fingerprint density at radius 1 is 1.00 bits per heavy atom. The molecular formula is C22H23N5O. The van der Waals surface area contributed by atoms with Gasteiger partial charge in [-0.05, 0) is 50.1 Å². The summed E-state index contributed by atoms with van der Waals surface area (Å²) in [6.07, 6.45) is 5.90. The van der Waals surface area contributed by atoms with Gasteiger partial charge in [0.1, 0.15) is 0 Å². The molecule has 0 aliphatic carbocycles. The van der Waals surface area contributed by atoms with Crippen LogP contribution in [-0.4, -0.2) is 33.9 Å². The van der Waals surface area contributed by atoms with Gasteiger partial charge in [0, 0.05) is 36.6 Å². The van der Waals surface area contributed by atoms with Crippen molar-refractivity contribution in [3.05, 3.63) is 72.2 Å². The van der Waals surface area contributed by atoms with Gasteiger partial charge in [0.2, 0.25) is 5.95 Å². The van der Waals surface area contributed by atoms with E-state index in [1.165, 1.54) is 12.8 Å². The second-order valence-corrected chi connectivity index (χ2v) is 6.96. The predicted octanol–water partition coefficient (Wildman–Crippen LogP) is 3.63. The van der Waals surface area contributed by atoms with Gasteiger partial charge in [-0.1, -0.05) is 18.2 Å². The van der Waals surface area contributed by atoms with E-state index in [2.05, 4.69) is 20.2 Å². The van der Waals surface area contributed by atoms with Gasteiger partial charge in [-0.25, -0.2) is 9.97 Å². The van der Waals surface area contributed by atoms with Crippen molar-refractivity contribution in [3.8, 4) is 11.3 Å². The number of hydrogen-bond acceptors (Lipinski definition) is 5. The lowest BCUT2D eigenvalue weighted by molar-refractivity contribution is 0.0939. The van der Waals surface area contributed by atoms with Crippen LogP contribution in [0.3, 0.4) is 0 Å². The van der Waals surface area contributed by atoms with E-state index >= 15 is 0 Å². The van der Waals surface area contributed by atoms with E-state index in [1.54, 1.807) is 12.4 Å². The predicted molar refractivity (Wildman–Crippen MR) is 109 cm³/mol. The van der Waals surface area contributed by atoms with Crippen LogP contribution in [-0.2, 0) is 0 Å². The highest BCUT2D eigenvalue weighted by Gasteiger charge is 2.16. The average molecular weight is 373 g/mol.